The van der Waals surface area contributed by atoms with Gasteiger partial charge in [-0.2, -0.15) is 0 Å². The van der Waals surface area contributed by atoms with E-state index in [1.807, 2.05) is 0 Å². The van der Waals surface area contributed by atoms with Gasteiger partial charge >= 0.3 is 11.9 Å². The van der Waals surface area contributed by atoms with Crippen LogP contribution in [-0.4, -0.2) is 24.0 Å². The van der Waals surface area contributed by atoms with Crippen LogP contribution in [0.2, 0.25) is 0 Å². The van der Waals surface area contributed by atoms with Crippen LogP contribution in [0.25, 0.3) is 11.3 Å². The molecule has 178 valence electrons. The summed E-state index contributed by atoms with van der Waals surface area (Å²) in [5, 5.41) is 2.86. The molecule has 1 fully saturated rings. The minimum atomic E-state index is -0.450. The van der Waals surface area contributed by atoms with E-state index in [0.717, 1.165) is 48.4 Å². The summed E-state index contributed by atoms with van der Waals surface area (Å²) < 4.78 is 10.4. The summed E-state index contributed by atoms with van der Waals surface area (Å²) in [5.41, 5.74) is 5.64. The molecule has 1 aromatic carbocycles. The van der Waals surface area contributed by atoms with Gasteiger partial charge in [-0.3, -0.25) is 9.59 Å². The van der Waals surface area contributed by atoms with Crippen LogP contribution in [0.3, 0.4) is 0 Å². The highest BCUT2D eigenvalue weighted by Gasteiger charge is 2.55. The van der Waals surface area contributed by atoms with Crippen molar-refractivity contribution in [1.29, 1.82) is 0 Å². The summed E-state index contributed by atoms with van der Waals surface area (Å²) >= 11 is 1.52. The first-order valence-corrected chi connectivity index (χ1v) is 12.8. The average molecular weight is 470 g/mol. The first-order valence-electron chi connectivity index (χ1n) is 11.9. The number of fused-ring (bicyclic) bond motifs is 3. The first-order chi connectivity index (χ1) is 15.6. The molecule has 2 aromatic rings. The quantitative estimate of drug-likeness (QED) is 0.489. The average Bonchev–Trinajstić information content (AvgIpc) is 3.25. The third-order valence-electron chi connectivity index (χ3n) is 8.02. The number of benzene rings is 1. The normalized spacial score (nSPS) is 26.5. The Morgan fingerprint density at radius 1 is 1.24 bits per heavy atom. The minimum Gasteiger partial charge on any atom is -0.469 e. The van der Waals surface area contributed by atoms with Gasteiger partial charge in [0.25, 0.3) is 0 Å². The molecule has 1 saturated carbocycles. The number of hydrogen-bond donors (Lipinski definition) is 0. The molecule has 0 saturated heterocycles. The van der Waals surface area contributed by atoms with Crippen LogP contribution in [0.15, 0.2) is 17.5 Å². The molecule has 6 heteroatoms. The lowest BCUT2D eigenvalue weighted by Crippen LogP contribution is -2.52. The fourth-order valence-corrected chi connectivity index (χ4v) is 7.08. The Morgan fingerprint density at radius 2 is 2.00 bits per heavy atom. The topological polar surface area (TPSA) is 65.5 Å². The zero-order valence-electron chi connectivity index (χ0n) is 20.6. The van der Waals surface area contributed by atoms with E-state index < -0.39 is 5.41 Å². The molecular weight excluding hydrogens is 434 g/mol. The maximum absolute atomic E-state index is 12.9. The van der Waals surface area contributed by atoms with Crippen molar-refractivity contribution in [2.24, 2.45) is 11.3 Å². The second kappa shape index (κ2) is 8.86. The van der Waals surface area contributed by atoms with Crippen LogP contribution in [0.4, 0.5) is 0 Å². The van der Waals surface area contributed by atoms with Gasteiger partial charge in [-0.05, 0) is 72.6 Å². The van der Waals surface area contributed by atoms with E-state index in [1.54, 1.807) is 0 Å². The molecule has 0 spiro atoms. The molecule has 1 aromatic heterocycles. The molecule has 2 aliphatic carbocycles. The largest absolute Gasteiger partial charge is 0.469 e. The maximum Gasteiger partial charge on any atom is 0.311 e. The number of methoxy groups -OCH3 is 1. The number of aromatic nitrogens is 1. The highest BCUT2D eigenvalue weighted by atomic mass is 32.1. The van der Waals surface area contributed by atoms with Crippen molar-refractivity contribution in [2.45, 2.75) is 84.7 Å². The zero-order chi connectivity index (χ0) is 24.0. The van der Waals surface area contributed by atoms with Gasteiger partial charge < -0.3 is 9.47 Å². The lowest BCUT2D eigenvalue weighted by atomic mass is 9.49. The molecule has 0 aliphatic heterocycles. The van der Waals surface area contributed by atoms with E-state index in [1.165, 1.54) is 42.1 Å². The summed E-state index contributed by atoms with van der Waals surface area (Å²) in [6, 6.07) is 4.73. The van der Waals surface area contributed by atoms with Gasteiger partial charge in [0.2, 0.25) is 0 Å². The fourth-order valence-electron chi connectivity index (χ4n) is 6.38. The van der Waals surface area contributed by atoms with Crippen LogP contribution in [0.1, 0.15) is 87.9 Å². The van der Waals surface area contributed by atoms with Crippen LogP contribution in [-0.2, 0) is 37.5 Å². The second-order valence-electron chi connectivity index (χ2n) is 10.4. The fraction of sp³-hybridized carbons (Fsp3) is 0.593. The highest BCUT2D eigenvalue weighted by molar-refractivity contribution is 7.09. The third kappa shape index (κ3) is 4.11. The first kappa shape index (κ1) is 23.9. The predicted octanol–water partition coefficient (Wildman–Crippen LogP) is 6.18. The summed E-state index contributed by atoms with van der Waals surface area (Å²) in [6.45, 7) is 10.5. The number of ether oxygens (including phenoxy) is 2. The van der Waals surface area contributed by atoms with Gasteiger partial charge in [-0.25, -0.2) is 4.98 Å². The number of rotatable bonds is 5. The molecule has 4 rings (SSSR count). The Labute approximate surface area is 200 Å². The van der Waals surface area contributed by atoms with Crippen LogP contribution in [0.5, 0.6) is 0 Å². The molecule has 0 amide bonds. The minimum absolute atomic E-state index is 0.0736. The number of nitrogens with zero attached hydrogens (tertiary/aromatic N) is 1. The van der Waals surface area contributed by atoms with Crippen molar-refractivity contribution < 1.29 is 19.1 Å². The maximum atomic E-state index is 12.9. The molecule has 1 heterocycles. The van der Waals surface area contributed by atoms with Crippen LogP contribution in [0, 0.1) is 11.3 Å². The number of esters is 2. The number of carbonyl (C=O) groups excluding carboxylic acids is 2. The number of aryl methyl sites for hydroxylation is 1. The van der Waals surface area contributed by atoms with E-state index in [-0.39, 0.29) is 29.9 Å². The molecule has 0 unspecified atom stereocenters. The molecule has 0 N–H and O–H groups in total. The van der Waals surface area contributed by atoms with Crippen molar-refractivity contribution in [2.75, 3.05) is 7.11 Å². The molecule has 0 bridgehead atoms. The molecule has 0 radical (unpaired) electrons. The van der Waals surface area contributed by atoms with E-state index in [9.17, 15) is 9.59 Å². The molecule has 3 atom stereocenters. The zero-order valence-corrected chi connectivity index (χ0v) is 21.4. The SMILES string of the molecule is COC(=O)[C@]1(C)CCC[C@]2(C)c3cc(-c4csc(COC(C)=O)n4)c(C(C)C)cc3CC[C@@H]12. The second-order valence-corrected chi connectivity index (χ2v) is 11.4. The van der Waals surface area contributed by atoms with Crippen LogP contribution < -0.4 is 0 Å². The summed E-state index contributed by atoms with van der Waals surface area (Å²) in [5.74, 6) is 0.247. The smallest absolute Gasteiger partial charge is 0.311 e. The molecule has 2 aliphatic rings. The monoisotopic (exact) mass is 469 g/mol. The van der Waals surface area contributed by atoms with Crippen molar-refractivity contribution in [3.8, 4) is 11.3 Å². The Balaban J connectivity index is 1.80. The standard InChI is InChI=1S/C27H35NO4S/c1-16(2)19-12-18-8-9-23-26(4,10-7-11-27(23,5)25(30)31-6)21(18)13-20(19)22-15-33-24(28-22)14-32-17(3)29/h12-13,15-16,23H,7-11,14H2,1-6H3/t23-,26-,27-/m1/s1. The van der Waals surface area contributed by atoms with Gasteiger partial charge in [0.1, 0.15) is 11.6 Å². The lowest BCUT2D eigenvalue weighted by Gasteiger charge is -2.54. The van der Waals surface area contributed by atoms with E-state index in [0.29, 0.717) is 5.92 Å². The highest BCUT2D eigenvalue weighted by Crippen LogP contribution is 2.58. The molecular formula is C27H35NO4S. The Bertz CT molecular complexity index is 1070. The number of thiazole rings is 1. The van der Waals surface area contributed by atoms with Gasteiger partial charge in [-0.1, -0.05) is 33.3 Å². The predicted molar refractivity (Wildman–Crippen MR) is 130 cm³/mol. The van der Waals surface area contributed by atoms with E-state index >= 15 is 0 Å². The van der Waals surface area contributed by atoms with Crippen molar-refractivity contribution >= 4 is 23.3 Å². The van der Waals surface area contributed by atoms with E-state index in [4.69, 9.17) is 14.5 Å². The Hall–Kier alpha value is -2.21. The summed E-state index contributed by atoms with van der Waals surface area (Å²) in [6.07, 6.45) is 4.97. The van der Waals surface area contributed by atoms with Gasteiger partial charge in [0.15, 0.2) is 0 Å². The summed E-state index contributed by atoms with van der Waals surface area (Å²) in [7, 11) is 1.51. The number of carbonyl (C=O) groups is 2. The number of hydrogen-bond acceptors (Lipinski definition) is 6. The van der Waals surface area contributed by atoms with Gasteiger partial charge in [0, 0.05) is 17.9 Å². The third-order valence-corrected chi connectivity index (χ3v) is 8.85. The lowest BCUT2D eigenvalue weighted by molar-refractivity contribution is -0.161. The van der Waals surface area contributed by atoms with E-state index in [2.05, 4.69) is 45.2 Å². The molecule has 33 heavy (non-hydrogen) atoms. The molecule has 5 nitrogen and oxygen atoms in total. The van der Waals surface area contributed by atoms with Crippen molar-refractivity contribution in [3.63, 3.8) is 0 Å². The van der Waals surface area contributed by atoms with Crippen LogP contribution >= 0.6 is 11.3 Å². The van der Waals surface area contributed by atoms with Crippen molar-refractivity contribution in [3.05, 3.63) is 39.2 Å². The Morgan fingerprint density at radius 3 is 2.67 bits per heavy atom. The van der Waals surface area contributed by atoms with Crippen molar-refractivity contribution in [1.82, 2.24) is 4.98 Å². The van der Waals surface area contributed by atoms with Gasteiger partial charge in [-0.15, -0.1) is 11.3 Å². The summed E-state index contributed by atoms with van der Waals surface area (Å²) in [4.78, 5) is 28.9. The Kier molecular flexibility index (Phi) is 6.43. The van der Waals surface area contributed by atoms with Gasteiger partial charge in [0.05, 0.1) is 18.2 Å².